The molecule has 0 radical (unpaired) electrons. The fraction of sp³-hybridized carbons (Fsp3) is 0.429. The van der Waals surface area contributed by atoms with Gasteiger partial charge in [-0.15, -0.1) is 0 Å². The molecule has 1 fully saturated rings. The molecule has 2 aromatic carbocycles. The Bertz CT molecular complexity index is 1370. The van der Waals surface area contributed by atoms with Crippen LogP contribution >= 0.6 is 7.75 Å². The molecule has 12 nitrogen and oxygen atoms in total. The molecule has 4 rings (SSSR count). The fourth-order valence-electron chi connectivity index (χ4n) is 4.48. The number of aliphatic hydroxyl groups is 2. The molecule has 2 aromatic rings. The first-order chi connectivity index (χ1) is 19.4. The Morgan fingerprint density at radius 1 is 1.32 bits per heavy atom. The highest BCUT2D eigenvalue weighted by Gasteiger charge is 2.55. The molecule has 6 atom stereocenters. The summed E-state index contributed by atoms with van der Waals surface area (Å²) in [7, 11) is -4.29. The Morgan fingerprint density at radius 2 is 2.05 bits per heavy atom. The molecule has 222 valence electrons. The van der Waals surface area contributed by atoms with Crippen molar-refractivity contribution in [3.05, 3.63) is 67.1 Å². The topological polar surface area (TPSA) is 165 Å². The van der Waals surface area contributed by atoms with Crippen molar-refractivity contribution in [1.29, 1.82) is 0 Å². The van der Waals surface area contributed by atoms with E-state index < -0.39 is 50.4 Å². The van der Waals surface area contributed by atoms with E-state index in [1.165, 1.54) is 31.0 Å². The summed E-state index contributed by atoms with van der Waals surface area (Å²) in [6.07, 6.45) is 0.856. The standard InChI is InChI=1S/C28H37N4O8P/c1-5-6-16-37-26(34)18(2)31-41(36,40-22-13-9-11-20-10-7-8-12-21(20)22)38-17-23-25(33)28(4,35)27(39-23)32-15-14-24(29)30-19(32)3/h7-15,18,23,25,27,33,35H,3,5-6,16-17H2,1-2,4H3,(H2,29,30)(H,31,36)/t18-,23+,25+,27+,28+,41?/m0/s1. The summed E-state index contributed by atoms with van der Waals surface area (Å²) in [5.41, 5.74) is 3.92. The number of nitrogens with one attached hydrogen (secondary N) is 1. The zero-order valence-corrected chi connectivity index (χ0v) is 24.2. The molecule has 1 unspecified atom stereocenters. The van der Waals surface area contributed by atoms with Crippen molar-refractivity contribution in [3.8, 4) is 5.75 Å². The van der Waals surface area contributed by atoms with Crippen LogP contribution in [0.15, 0.2) is 72.1 Å². The third-order valence-corrected chi connectivity index (χ3v) is 8.42. The van der Waals surface area contributed by atoms with Gasteiger partial charge in [0.25, 0.3) is 0 Å². The van der Waals surface area contributed by atoms with E-state index in [0.717, 1.165) is 11.8 Å². The van der Waals surface area contributed by atoms with Gasteiger partial charge in [0, 0.05) is 11.6 Å². The van der Waals surface area contributed by atoms with Crippen molar-refractivity contribution in [2.75, 3.05) is 13.2 Å². The number of benzene rings is 2. The Morgan fingerprint density at radius 3 is 2.78 bits per heavy atom. The van der Waals surface area contributed by atoms with E-state index in [2.05, 4.69) is 16.7 Å². The van der Waals surface area contributed by atoms with E-state index in [1.807, 2.05) is 31.2 Å². The first-order valence-electron chi connectivity index (χ1n) is 13.4. The number of nitrogens with zero attached hydrogens (tertiary/aromatic N) is 2. The molecule has 0 saturated carbocycles. The first kappa shape index (κ1) is 30.7. The molecule has 0 spiro atoms. The van der Waals surface area contributed by atoms with Gasteiger partial charge in [-0.25, -0.2) is 9.56 Å². The van der Waals surface area contributed by atoms with Crippen LogP contribution in [0.4, 0.5) is 0 Å². The number of hydrogen-bond donors (Lipinski definition) is 4. The first-order valence-corrected chi connectivity index (χ1v) is 14.9. The summed E-state index contributed by atoms with van der Waals surface area (Å²) in [6.45, 7) is 8.43. The molecule has 41 heavy (non-hydrogen) atoms. The van der Waals surface area contributed by atoms with Crippen LogP contribution in [0.2, 0.25) is 0 Å². The predicted molar refractivity (Wildman–Crippen MR) is 154 cm³/mol. The molecule has 0 aromatic heterocycles. The van der Waals surface area contributed by atoms with Gasteiger partial charge in [0.15, 0.2) is 6.23 Å². The van der Waals surface area contributed by atoms with Crippen LogP contribution in [0, 0.1) is 0 Å². The van der Waals surface area contributed by atoms with E-state index in [1.54, 1.807) is 18.2 Å². The summed E-state index contributed by atoms with van der Waals surface area (Å²) >= 11 is 0. The van der Waals surface area contributed by atoms with Crippen LogP contribution in [-0.4, -0.2) is 70.2 Å². The maximum atomic E-state index is 14.1. The minimum absolute atomic E-state index is 0.200. The van der Waals surface area contributed by atoms with Crippen LogP contribution in [0.25, 0.3) is 10.8 Å². The number of amidine groups is 1. The second-order valence-corrected chi connectivity index (χ2v) is 11.8. The number of carbonyl (C=O) groups is 1. The van der Waals surface area contributed by atoms with Crippen molar-refractivity contribution < 1.29 is 38.1 Å². The monoisotopic (exact) mass is 588 g/mol. The highest BCUT2D eigenvalue weighted by atomic mass is 31.2. The number of rotatable bonds is 12. The molecule has 0 bridgehead atoms. The summed E-state index contributed by atoms with van der Waals surface area (Å²) < 4.78 is 37.0. The summed E-state index contributed by atoms with van der Waals surface area (Å²) in [5, 5.41) is 26.2. The van der Waals surface area contributed by atoms with Crippen LogP contribution in [0.3, 0.4) is 0 Å². The third-order valence-electron chi connectivity index (χ3n) is 6.79. The minimum Gasteiger partial charge on any atom is -0.465 e. The molecule has 13 heteroatoms. The van der Waals surface area contributed by atoms with Crippen LogP contribution < -0.4 is 15.3 Å². The van der Waals surface area contributed by atoms with Gasteiger partial charge in [0.05, 0.1) is 13.2 Å². The molecule has 2 heterocycles. The van der Waals surface area contributed by atoms with Crippen molar-refractivity contribution in [1.82, 2.24) is 9.99 Å². The highest BCUT2D eigenvalue weighted by molar-refractivity contribution is 7.52. The van der Waals surface area contributed by atoms with E-state index in [0.29, 0.717) is 11.8 Å². The van der Waals surface area contributed by atoms with Gasteiger partial charge in [-0.3, -0.25) is 9.32 Å². The Kier molecular flexibility index (Phi) is 9.53. The van der Waals surface area contributed by atoms with Gasteiger partial charge in [-0.05, 0) is 37.8 Å². The molecule has 0 aliphatic carbocycles. The number of fused-ring (bicyclic) bond motifs is 1. The third kappa shape index (κ3) is 6.98. The van der Waals surface area contributed by atoms with Gasteiger partial charge in [0.2, 0.25) is 0 Å². The maximum Gasteiger partial charge on any atom is 0.459 e. The molecular weight excluding hydrogens is 551 g/mol. The molecule has 2 aliphatic rings. The number of unbranched alkanes of at least 4 members (excludes halogenated alkanes) is 1. The summed E-state index contributed by atoms with van der Waals surface area (Å²) in [5.74, 6) is 0.0583. The smallest absolute Gasteiger partial charge is 0.459 e. The summed E-state index contributed by atoms with van der Waals surface area (Å²) in [4.78, 5) is 18.1. The number of aliphatic hydroxyl groups excluding tert-OH is 1. The van der Waals surface area contributed by atoms with Crippen LogP contribution in [0.5, 0.6) is 5.75 Å². The Hall–Kier alpha value is -3.25. The fourth-order valence-corrected chi connectivity index (χ4v) is 6.00. The SMILES string of the molecule is C=C1N=C(N)C=CN1[C@@H]1O[C@H](COP(=O)(N[C@@H](C)C(=O)OCCCC)Oc2cccc3ccccc23)[C@@H](O)[C@@]1(C)O. The second kappa shape index (κ2) is 12.7. The highest BCUT2D eigenvalue weighted by Crippen LogP contribution is 2.48. The molecule has 0 amide bonds. The van der Waals surface area contributed by atoms with Crippen molar-refractivity contribution in [3.63, 3.8) is 0 Å². The largest absolute Gasteiger partial charge is 0.465 e. The normalized spacial score (nSPS) is 26.5. The number of aliphatic imine (C=N–C) groups is 1. The quantitative estimate of drug-likeness (QED) is 0.163. The lowest BCUT2D eigenvalue weighted by atomic mass is 9.96. The van der Waals surface area contributed by atoms with E-state index in [4.69, 9.17) is 24.3 Å². The van der Waals surface area contributed by atoms with E-state index in [9.17, 15) is 19.6 Å². The van der Waals surface area contributed by atoms with Crippen LogP contribution in [0.1, 0.15) is 33.6 Å². The lowest BCUT2D eigenvalue weighted by molar-refractivity contribution is -0.145. The predicted octanol–water partition coefficient (Wildman–Crippen LogP) is 3.16. The van der Waals surface area contributed by atoms with Gasteiger partial charge in [0.1, 0.15) is 41.3 Å². The maximum absolute atomic E-state index is 14.1. The lowest BCUT2D eigenvalue weighted by Gasteiger charge is -2.35. The van der Waals surface area contributed by atoms with Gasteiger partial charge in [-0.2, -0.15) is 5.09 Å². The minimum atomic E-state index is -4.29. The average molecular weight is 589 g/mol. The van der Waals surface area contributed by atoms with Crippen LogP contribution in [-0.2, 0) is 23.4 Å². The number of nitrogens with two attached hydrogens (primary N) is 1. The zero-order valence-electron chi connectivity index (χ0n) is 23.3. The van der Waals surface area contributed by atoms with Gasteiger partial charge in [-0.1, -0.05) is 56.3 Å². The van der Waals surface area contributed by atoms with E-state index in [-0.39, 0.29) is 24.0 Å². The molecular formula is C28H37N4O8P. The van der Waals surface area contributed by atoms with Crippen molar-refractivity contribution in [2.45, 2.75) is 63.7 Å². The van der Waals surface area contributed by atoms with Gasteiger partial charge >= 0.3 is 13.7 Å². The van der Waals surface area contributed by atoms with Crippen molar-refractivity contribution in [2.24, 2.45) is 10.7 Å². The molecule has 5 N–H and O–H groups in total. The average Bonchev–Trinajstić information content (AvgIpc) is 3.15. The Labute approximate surface area is 239 Å². The Balaban J connectivity index is 1.54. The number of hydrogen-bond acceptors (Lipinski definition) is 11. The molecule has 1 saturated heterocycles. The molecule has 2 aliphatic heterocycles. The summed E-state index contributed by atoms with van der Waals surface area (Å²) in [6, 6.07) is 11.5. The number of esters is 1. The van der Waals surface area contributed by atoms with Gasteiger partial charge < -0.3 is 34.8 Å². The lowest BCUT2D eigenvalue weighted by Crippen LogP contribution is -2.51. The van der Waals surface area contributed by atoms with E-state index >= 15 is 0 Å². The van der Waals surface area contributed by atoms with Crippen molar-refractivity contribution >= 4 is 30.3 Å². The zero-order chi connectivity index (χ0) is 29.8. The number of carbonyl (C=O) groups excluding carboxylic acids is 1. The number of ether oxygens (including phenoxy) is 2. The second-order valence-electron chi connectivity index (χ2n) is 10.1.